The van der Waals surface area contributed by atoms with Crippen LogP contribution >= 0.6 is 0 Å². The van der Waals surface area contributed by atoms with E-state index in [-0.39, 0.29) is 24.0 Å². The fourth-order valence-corrected chi connectivity index (χ4v) is 3.50. The van der Waals surface area contributed by atoms with Gasteiger partial charge in [-0.05, 0) is 38.5 Å². The first kappa shape index (κ1) is 21.6. The lowest BCUT2D eigenvalue weighted by atomic mass is 9.95. The minimum atomic E-state index is -0.701. The highest BCUT2D eigenvalue weighted by atomic mass is 16.5. The van der Waals surface area contributed by atoms with Crippen LogP contribution in [-0.4, -0.2) is 48.1 Å². The summed E-state index contributed by atoms with van der Waals surface area (Å²) in [6, 6.07) is 13.6. The molecule has 6 heteroatoms. The van der Waals surface area contributed by atoms with Crippen molar-refractivity contribution in [1.82, 2.24) is 4.90 Å². The van der Waals surface area contributed by atoms with Crippen LogP contribution < -0.4 is 4.74 Å². The number of nitrogens with zero attached hydrogens (tertiary/aromatic N) is 1. The van der Waals surface area contributed by atoms with E-state index < -0.39 is 17.7 Å². The van der Waals surface area contributed by atoms with E-state index in [0.29, 0.717) is 23.5 Å². The lowest BCUT2D eigenvalue weighted by molar-refractivity contribution is -0.140. The number of methoxy groups -OCH3 is 1. The van der Waals surface area contributed by atoms with Crippen molar-refractivity contribution in [2.24, 2.45) is 0 Å². The number of aliphatic hydroxyl groups excluding tert-OH is 1. The van der Waals surface area contributed by atoms with E-state index >= 15 is 0 Å². The molecule has 0 saturated carbocycles. The second kappa shape index (κ2) is 9.13. The van der Waals surface area contributed by atoms with Crippen molar-refractivity contribution in [3.05, 3.63) is 70.8 Å². The molecule has 1 heterocycles. The first-order valence-corrected chi connectivity index (χ1v) is 9.94. The Balaban J connectivity index is 2.07. The summed E-state index contributed by atoms with van der Waals surface area (Å²) >= 11 is 0. The molecule has 0 bridgehead atoms. The Morgan fingerprint density at radius 1 is 1.07 bits per heavy atom. The van der Waals surface area contributed by atoms with E-state index in [2.05, 4.69) is 0 Å². The van der Waals surface area contributed by atoms with Gasteiger partial charge in [0.2, 0.25) is 0 Å². The molecule has 2 aromatic carbocycles. The number of carbonyl (C=O) groups is 2. The molecule has 0 radical (unpaired) electrons. The Kier molecular flexibility index (Phi) is 6.57. The van der Waals surface area contributed by atoms with Crippen molar-refractivity contribution < 1.29 is 24.2 Å². The number of rotatable bonds is 7. The van der Waals surface area contributed by atoms with Crippen LogP contribution in [0.15, 0.2) is 54.1 Å². The molecule has 3 rings (SSSR count). The van der Waals surface area contributed by atoms with Gasteiger partial charge in [0.1, 0.15) is 11.5 Å². The van der Waals surface area contributed by atoms with Crippen LogP contribution in [0.2, 0.25) is 0 Å². The summed E-state index contributed by atoms with van der Waals surface area (Å²) in [5, 5.41) is 11.0. The Hall–Kier alpha value is -3.12. The van der Waals surface area contributed by atoms with Crippen LogP contribution in [-0.2, 0) is 14.3 Å². The monoisotopic (exact) mass is 409 g/mol. The number of Topliss-reactive ketones (excluding diaryl/α,β-unsaturated/α-hetero) is 1. The van der Waals surface area contributed by atoms with Gasteiger partial charge in [-0.2, -0.15) is 0 Å². The van der Waals surface area contributed by atoms with E-state index in [1.165, 1.54) is 4.90 Å². The maximum atomic E-state index is 12.9. The molecule has 1 unspecified atom stereocenters. The van der Waals surface area contributed by atoms with Gasteiger partial charge in [-0.3, -0.25) is 9.59 Å². The number of aliphatic hydroxyl groups is 1. The van der Waals surface area contributed by atoms with Gasteiger partial charge >= 0.3 is 0 Å². The van der Waals surface area contributed by atoms with Crippen LogP contribution in [0, 0.1) is 6.92 Å². The molecule has 1 atom stereocenters. The van der Waals surface area contributed by atoms with Gasteiger partial charge in [0, 0.05) is 12.1 Å². The molecule has 1 aliphatic rings. The van der Waals surface area contributed by atoms with E-state index in [0.717, 1.165) is 5.56 Å². The number of ether oxygens (including phenoxy) is 2. The third-order valence-corrected chi connectivity index (χ3v) is 5.08. The van der Waals surface area contributed by atoms with Gasteiger partial charge in [0.25, 0.3) is 11.7 Å². The van der Waals surface area contributed by atoms with Crippen LogP contribution in [0.4, 0.5) is 0 Å². The van der Waals surface area contributed by atoms with Crippen molar-refractivity contribution >= 4 is 17.4 Å². The van der Waals surface area contributed by atoms with Gasteiger partial charge in [0.05, 0.1) is 31.4 Å². The SMILES string of the molecule is COc1ccc(C2/C(=C(/O)c3ccc(C)cc3)C(=O)C(=O)N2CCOC(C)C)cc1. The van der Waals surface area contributed by atoms with Crippen molar-refractivity contribution in [1.29, 1.82) is 0 Å². The maximum absolute atomic E-state index is 12.9. The molecule has 1 aliphatic heterocycles. The van der Waals surface area contributed by atoms with Crippen LogP contribution in [0.25, 0.3) is 5.76 Å². The summed E-state index contributed by atoms with van der Waals surface area (Å²) in [7, 11) is 1.57. The number of benzene rings is 2. The molecular weight excluding hydrogens is 382 g/mol. The summed E-state index contributed by atoms with van der Waals surface area (Å²) in [6.45, 7) is 6.29. The predicted octanol–water partition coefficient (Wildman–Crippen LogP) is 3.85. The summed E-state index contributed by atoms with van der Waals surface area (Å²) in [5.41, 5.74) is 2.33. The molecule has 0 aromatic heterocycles. The number of hydrogen-bond donors (Lipinski definition) is 1. The highest BCUT2D eigenvalue weighted by Gasteiger charge is 2.45. The zero-order valence-electron chi connectivity index (χ0n) is 17.7. The zero-order chi connectivity index (χ0) is 21.8. The third-order valence-electron chi connectivity index (χ3n) is 5.08. The van der Waals surface area contributed by atoms with E-state index in [9.17, 15) is 14.7 Å². The highest BCUT2D eigenvalue weighted by Crippen LogP contribution is 2.39. The fourth-order valence-electron chi connectivity index (χ4n) is 3.50. The highest BCUT2D eigenvalue weighted by molar-refractivity contribution is 6.46. The topological polar surface area (TPSA) is 76.1 Å². The molecule has 1 saturated heterocycles. The average Bonchev–Trinajstić information content (AvgIpc) is 2.98. The van der Waals surface area contributed by atoms with Crippen LogP contribution in [0.5, 0.6) is 5.75 Å². The normalized spacial score (nSPS) is 18.3. The zero-order valence-corrected chi connectivity index (χ0v) is 17.7. The summed E-state index contributed by atoms with van der Waals surface area (Å²) in [4.78, 5) is 27.2. The van der Waals surface area contributed by atoms with Crippen molar-refractivity contribution in [2.75, 3.05) is 20.3 Å². The fraction of sp³-hybridized carbons (Fsp3) is 0.333. The third kappa shape index (κ3) is 4.39. The Morgan fingerprint density at radius 2 is 1.70 bits per heavy atom. The second-order valence-corrected chi connectivity index (χ2v) is 7.55. The minimum Gasteiger partial charge on any atom is -0.507 e. The number of likely N-dealkylation sites (tertiary alicyclic amines) is 1. The van der Waals surface area contributed by atoms with Gasteiger partial charge in [-0.15, -0.1) is 0 Å². The average molecular weight is 409 g/mol. The molecule has 30 heavy (non-hydrogen) atoms. The Labute approximate surface area is 176 Å². The molecule has 1 amide bonds. The quantitative estimate of drug-likeness (QED) is 0.427. The lowest BCUT2D eigenvalue weighted by Crippen LogP contribution is -2.33. The van der Waals surface area contributed by atoms with Gasteiger partial charge in [-0.25, -0.2) is 0 Å². The smallest absolute Gasteiger partial charge is 0.295 e. The second-order valence-electron chi connectivity index (χ2n) is 7.55. The lowest BCUT2D eigenvalue weighted by Gasteiger charge is -2.25. The standard InChI is InChI=1S/C24H27NO5/c1-15(2)30-14-13-25-21(17-9-11-19(29-4)12-10-17)20(23(27)24(25)28)22(26)18-7-5-16(3)6-8-18/h5-12,15,21,26H,13-14H2,1-4H3/b22-20-. The first-order valence-electron chi connectivity index (χ1n) is 9.94. The predicted molar refractivity (Wildman–Crippen MR) is 114 cm³/mol. The first-order chi connectivity index (χ1) is 14.3. The summed E-state index contributed by atoms with van der Waals surface area (Å²) < 4.78 is 10.8. The van der Waals surface area contributed by atoms with Gasteiger partial charge < -0.3 is 19.5 Å². The number of amides is 1. The van der Waals surface area contributed by atoms with Crippen molar-refractivity contribution in [3.8, 4) is 5.75 Å². The number of aryl methyl sites for hydroxylation is 1. The van der Waals surface area contributed by atoms with Crippen molar-refractivity contribution in [2.45, 2.75) is 32.9 Å². The van der Waals surface area contributed by atoms with Crippen LogP contribution in [0.3, 0.4) is 0 Å². The molecule has 2 aromatic rings. The van der Waals surface area contributed by atoms with Gasteiger partial charge in [-0.1, -0.05) is 42.0 Å². The van der Waals surface area contributed by atoms with Gasteiger partial charge in [0.15, 0.2) is 0 Å². The molecule has 0 spiro atoms. The Morgan fingerprint density at radius 3 is 2.27 bits per heavy atom. The van der Waals surface area contributed by atoms with E-state index in [4.69, 9.17) is 9.47 Å². The Bertz CT molecular complexity index is 945. The molecule has 6 nitrogen and oxygen atoms in total. The molecular formula is C24H27NO5. The molecule has 158 valence electrons. The number of ketones is 1. The molecule has 1 N–H and O–H groups in total. The maximum Gasteiger partial charge on any atom is 0.295 e. The minimum absolute atomic E-state index is 0.00816. The molecule has 0 aliphatic carbocycles. The van der Waals surface area contributed by atoms with E-state index in [1.54, 1.807) is 43.5 Å². The van der Waals surface area contributed by atoms with Crippen LogP contribution in [0.1, 0.15) is 36.6 Å². The van der Waals surface area contributed by atoms with Crippen molar-refractivity contribution in [3.63, 3.8) is 0 Å². The number of hydrogen-bond acceptors (Lipinski definition) is 5. The van der Waals surface area contributed by atoms with E-state index in [1.807, 2.05) is 32.9 Å². The number of carbonyl (C=O) groups excluding carboxylic acids is 2. The molecule has 1 fully saturated rings. The summed E-state index contributed by atoms with van der Waals surface area (Å²) in [5.74, 6) is -0.853. The largest absolute Gasteiger partial charge is 0.507 e. The summed E-state index contributed by atoms with van der Waals surface area (Å²) in [6.07, 6.45) is 0.00816.